The Labute approximate surface area is 86.7 Å². The van der Waals surface area contributed by atoms with E-state index in [1.165, 1.54) is 0 Å². The van der Waals surface area contributed by atoms with E-state index >= 15 is 0 Å². The monoisotopic (exact) mass is 219 g/mol. The van der Waals surface area contributed by atoms with Crippen LogP contribution in [0.2, 0.25) is 15.1 Å². The highest BCUT2D eigenvalue weighted by Crippen LogP contribution is 2.29. The first-order valence-electron chi connectivity index (χ1n) is 3.25. The van der Waals surface area contributed by atoms with Crippen LogP contribution in [0, 0.1) is 6.92 Å². The second kappa shape index (κ2) is 4.18. The quantitative estimate of drug-likeness (QED) is 0.612. The second-order valence-electron chi connectivity index (χ2n) is 2.19. The first-order chi connectivity index (χ1) is 5.65. The Morgan fingerprint density at radius 1 is 1.00 bits per heavy atom. The summed E-state index contributed by atoms with van der Waals surface area (Å²) in [6.07, 6.45) is 3.41. The molecular weight excluding hydrogens is 214 g/mol. The maximum Gasteiger partial charge on any atom is 0.0607 e. The third kappa shape index (κ3) is 2.16. The molecule has 63 valence electrons. The zero-order chi connectivity index (χ0) is 9.14. The molecule has 0 nitrogen and oxygen atoms in total. The lowest BCUT2D eigenvalue weighted by Gasteiger charge is -2.00. The van der Waals surface area contributed by atoms with Crippen LogP contribution in [0.5, 0.6) is 0 Å². The minimum Gasteiger partial charge on any atom is -0.0836 e. The SMILES string of the molecule is [CH2]/C=C/c1cc(Cl)c(Cl)cc1Cl. The molecule has 12 heavy (non-hydrogen) atoms. The normalized spacial score (nSPS) is 11.0. The second-order valence-corrected chi connectivity index (χ2v) is 3.41. The van der Waals surface area contributed by atoms with Gasteiger partial charge in [-0.15, -0.1) is 0 Å². The van der Waals surface area contributed by atoms with Gasteiger partial charge in [0.25, 0.3) is 0 Å². The molecule has 1 rings (SSSR count). The highest BCUT2D eigenvalue weighted by atomic mass is 35.5. The standard InChI is InChI=1S/C9H6Cl3/c1-2-3-6-4-8(11)9(12)5-7(6)10/h2-5H,1H2/b3-2+. The Balaban J connectivity index is 3.23. The van der Waals surface area contributed by atoms with E-state index in [4.69, 9.17) is 34.8 Å². The maximum atomic E-state index is 5.86. The molecule has 0 heterocycles. The summed E-state index contributed by atoms with van der Waals surface area (Å²) in [5.74, 6) is 0. The molecule has 0 aromatic heterocycles. The molecule has 0 saturated heterocycles. The molecule has 0 N–H and O–H groups in total. The Morgan fingerprint density at radius 2 is 1.58 bits per heavy atom. The number of hydrogen-bond acceptors (Lipinski definition) is 0. The lowest BCUT2D eigenvalue weighted by molar-refractivity contribution is 1.65. The molecule has 0 aliphatic rings. The number of allylic oxidation sites excluding steroid dienone is 1. The van der Waals surface area contributed by atoms with Gasteiger partial charge in [-0.3, -0.25) is 0 Å². The van der Waals surface area contributed by atoms with E-state index in [9.17, 15) is 0 Å². The van der Waals surface area contributed by atoms with Crippen molar-refractivity contribution in [2.75, 3.05) is 0 Å². The predicted octanol–water partition coefficient (Wildman–Crippen LogP) is 4.49. The lowest BCUT2D eigenvalue weighted by Crippen LogP contribution is -1.76. The third-order valence-corrected chi connectivity index (χ3v) is 2.39. The van der Waals surface area contributed by atoms with Crippen molar-refractivity contribution < 1.29 is 0 Å². The molecule has 0 unspecified atom stereocenters. The van der Waals surface area contributed by atoms with Crippen LogP contribution in [0.15, 0.2) is 18.2 Å². The smallest absolute Gasteiger partial charge is 0.0607 e. The van der Waals surface area contributed by atoms with Gasteiger partial charge in [0, 0.05) is 5.02 Å². The zero-order valence-electron chi connectivity index (χ0n) is 6.15. The predicted molar refractivity (Wildman–Crippen MR) is 55.9 cm³/mol. The fourth-order valence-electron chi connectivity index (χ4n) is 0.793. The van der Waals surface area contributed by atoms with Crippen LogP contribution in [0.3, 0.4) is 0 Å². The minimum atomic E-state index is 0.461. The van der Waals surface area contributed by atoms with Gasteiger partial charge in [0.15, 0.2) is 0 Å². The molecule has 1 aromatic rings. The Bertz CT molecular complexity index is 316. The molecule has 0 fully saturated rings. The van der Waals surface area contributed by atoms with Gasteiger partial charge in [0.2, 0.25) is 0 Å². The van der Waals surface area contributed by atoms with Gasteiger partial charge < -0.3 is 0 Å². The van der Waals surface area contributed by atoms with E-state index in [1.54, 1.807) is 24.3 Å². The van der Waals surface area contributed by atoms with E-state index < -0.39 is 0 Å². The zero-order valence-corrected chi connectivity index (χ0v) is 8.42. The fourth-order valence-corrected chi connectivity index (χ4v) is 1.41. The molecular formula is C9H6Cl3. The van der Waals surface area contributed by atoms with Gasteiger partial charge in [-0.25, -0.2) is 0 Å². The summed E-state index contributed by atoms with van der Waals surface area (Å²) in [7, 11) is 0. The first kappa shape index (κ1) is 9.91. The van der Waals surface area contributed by atoms with Gasteiger partial charge in [-0.05, 0) is 24.6 Å². The molecule has 0 bridgehead atoms. The number of rotatable bonds is 1. The Hall–Kier alpha value is -0.170. The summed E-state index contributed by atoms with van der Waals surface area (Å²) in [5, 5.41) is 1.53. The summed E-state index contributed by atoms with van der Waals surface area (Å²) in [6.45, 7) is 3.56. The van der Waals surface area contributed by atoms with E-state index in [0.29, 0.717) is 15.1 Å². The third-order valence-electron chi connectivity index (χ3n) is 1.34. The van der Waals surface area contributed by atoms with Crippen molar-refractivity contribution in [1.82, 2.24) is 0 Å². The van der Waals surface area contributed by atoms with Crippen LogP contribution in [-0.4, -0.2) is 0 Å². The molecule has 1 aromatic carbocycles. The molecule has 0 spiro atoms. The van der Waals surface area contributed by atoms with Gasteiger partial charge in [-0.1, -0.05) is 47.0 Å². The van der Waals surface area contributed by atoms with Crippen LogP contribution in [0.25, 0.3) is 6.08 Å². The van der Waals surface area contributed by atoms with Gasteiger partial charge in [-0.2, -0.15) is 0 Å². The summed E-state index contributed by atoms with van der Waals surface area (Å²) in [4.78, 5) is 0. The summed E-state index contributed by atoms with van der Waals surface area (Å²) >= 11 is 17.4. The van der Waals surface area contributed by atoms with E-state index in [-0.39, 0.29) is 0 Å². The molecule has 3 heteroatoms. The summed E-state index contributed by atoms with van der Waals surface area (Å²) in [6, 6.07) is 3.31. The molecule has 0 amide bonds. The maximum absolute atomic E-state index is 5.86. The molecule has 1 radical (unpaired) electrons. The number of halogens is 3. The topological polar surface area (TPSA) is 0 Å². The van der Waals surface area contributed by atoms with Crippen molar-refractivity contribution in [3.05, 3.63) is 45.8 Å². The van der Waals surface area contributed by atoms with Crippen molar-refractivity contribution in [1.29, 1.82) is 0 Å². The largest absolute Gasteiger partial charge is 0.0836 e. The minimum absolute atomic E-state index is 0.461. The van der Waals surface area contributed by atoms with Crippen molar-refractivity contribution >= 4 is 40.9 Å². The van der Waals surface area contributed by atoms with Crippen molar-refractivity contribution in [2.24, 2.45) is 0 Å². The van der Waals surface area contributed by atoms with Gasteiger partial charge in [0.05, 0.1) is 10.0 Å². The van der Waals surface area contributed by atoms with Crippen LogP contribution in [0.1, 0.15) is 5.56 Å². The van der Waals surface area contributed by atoms with Crippen molar-refractivity contribution in [3.63, 3.8) is 0 Å². The number of benzene rings is 1. The van der Waals surface area contributed by atoms with Crippen LogP contribution in [0.4, 0.5) is 0 Å². The average molecular weight is 221 g/mol. The van der Waals surface area contributed by atoms with Gasteiger partial charge >= 0.3 is 0 Å². The van der Waals surface area contributed by atoms with E-state index in [1.807, 2.05) is 0 Å². The van der Waals surface area contributed by atoms with Crippen LogP contribution in [-0.2, 0) is 0 Å². The van der Waals surface area contributed by atoms with E-state index in [2.05, 4.69) is 6.92 Å². The van der Waals surface area contributed by atoms with Crippen LogP contribution >= 0.6 is 34.8 Å². The Kier molecular flexibility index (Phi) is 3.45. The fraction of sp³-hybridized carbons (Fsp3) is 0. The summed E-state index contributed by atoms with van der Waals surface area (Å²) < 4.78 is 0. The van der Waals surface area contributed by atoms with Crippen LogP contribution < -0.4 is 0 Å². The Morgan fingerprint density at radius 3 is 2.17 bits per heavy atom. The number of hydrogen-bond donors (Lipinski definition) is 0. The van der Waals surface area contributed by atoms with Crippen molar-refractivity contribution in [2.45, 2.75) is 0 Å². The average Bonchev–Trinajstić information content (AvgIpc) is 2.01. The summed E-state index contributed by atoms with van der Waals surface area (Å²) in [5.41, 5.74) is 0.820. The highest BCUT2D eigenvalue weighted by Gasteiger charge is 2.02. The molecule has 0 atom stereocenters. The molecule has 0 saturated carbocycles. The van der Waals surface area contributed by atoms with Crippen molar-refractivity contribution in [3.8, 4) is 0 Å². The van der Waals surface area contributed by atoms with Gasteiger partial charge in [0.1, 0.15) is 0 Å². The molecule has 0 aliphatic heterocycles. The highest BCUT2D eigenvalue weighted by molar-refractivity contribution is 6.43. The lowest BCUT2D eigenvalue weighted by atomic mass is 10.2. The van der Waals surface area contributed by atoms with E-state index in [0.717, 1.165) is 5.56 Å². The molecule has 0 aliphatic carbocycles. The first-order valence-corrected chi connectivity index (χ1v) is 4.39.